The summed E-state index contributed by atoms with van der Waals surface area (Å²) in [6.07, 6.45) is 3.99. The number of urea groups is 1. The van der Waals surface area contributed by atoms with Crippen molar-refractivity contribution in [2.75, 3.05) is 25.0 Å². The van der Waals surface area contributed by atoms with Gasteiger partial charge in [-0.2, -0.15) is 0 Å². The molecule has 0 spiro atoms. The molecule has 138 valence electrons. The van der Waals surface area contributed by atoms with Crippen molar-refractivity contribution in [1.82, 2.24) is 15.1 Å². The first kappa shape index (κ1) is 16.9. The van der Waals surface area contributed by atoms with Gasteiger partial charge in [-0.25, -0.2) is 4.79 Å². The van der Waals surface area contributed by atoms with Crippen LogP contribution in [0.2, 0.25) is 0 Å². The van der Waals surface area contributed by atoms with Crippen molar-refractivity contribution in [3.63, 3.8) is 0 Å². The molecule has 1 aliphatic heterocycles. The minimum Gasteiger partial charge on any atom is -0.492 e. The van der Waals surface area contributed by atoms with Crippen molar-refractivity contribution < 1.29 is 13.9 Å². The quantitative estimate of drug-likeness (QED) is 0.882. The highest BCUT2D eigenvalue weighted by Crippen LogP contribution is 2.40. The molecule has 2 aliphatic rings. The summed E-state index contributed by atoms with van der Waals surface area (Å²) in [4.78, 5) is 14.4. The van der Waals surface area contributed by atoms with Gasteiger partial charge in [0.05, 0.1) is 12.3 Å². The van der Waals surface area contributed by atoms with Gasteiger partial charge in [-0.15, -0.1) is 10.2 Å². The number of carbonyl (C=O) groups excluding carboxylic acids is 1. The molecule has 4 rings (SSSR count). The van der Waals surface area contributed by atoms with Crippen LogP contribution in [-0.2, 0) is 0 Å². The number of hydrogen-bond acceptors (Lipinski definition) is 5. The number of piperidine rings is 1. The van der Waals surface area contributed by atoms with Gasteiger partial charge in [0.2, 0.25) is 11.8 Å². The Balaban J connectivity index is 1.33. The number of ether oxygens (including phenoxy) is 1. The zero-order valence-corrected chi connectivity index (χ0v) is 15.0. The van der Waals surface area contributed by atoms with Crippen molar-refractivity contribution in [2.24, 2.45) is 0 Å². The number of hydrogen-bond donors (Lipinski definition) is 1. The Morgan fingerprint density at radius 1 is 1.15 bits per heavy atom. The third-order valence-electron chi connectivity index (χ3n) is 4.94. The van der Waals surface area contributed by atoms with E-state index in [-0.39, 0.29) is 11.9 Å². The van der Waals surface area contributed by atoms with Crippen molar-refractivity contribution in [3.8, 4) is 5.75 Å². The van der Waals surface area contributed by atoms with E-state index in [1.165, 1.54) is 0 Å². The second-order valence-corrected chi connectivity index (χ2v) is 6.87. The molecule has 0 atom stereocenters. The molecule has 26 heavy (non-hydrogen) atoms. The molecule has 7 heteroatoms. The molecule has 7 nitrogen and oxygen atoms in total. The van der Waals surface area contributed by atoms with Gasteiger partial charge in [-0.05, 0) is 44.7 Å². The van der Waals surface area contributed by atoms with Crippen molar-refractivity contribution in [3.05, 3.63) is 36.0 Å². The van der Waals surface area contributed by atoms with E-state index >= 15 is 0 Å². The summed E-state index contributed by atoms with van der Waals surface area (Å²) >= 11 is 0. The number of likely N-dealkylation sites (tertiary alicyclic amines) is 1. The van der Waals surface area contributed by atoms with Gasteiger partial charge >= 0.3 is 6.03 Å². The number of aromatic nitrogens is 2. The number of anilines is 1. The predicted octanol–water partition coefficient (Wildman–Crippen LogP) is 3.76. The molecule has 0 bridgehead atoms. The van der Waals surface area contributed by atoms with Gasteiger partial charge < -0.3 is 19.4 Å². The maximum atomic E-state index is 12.6. The number of carbonyl (C=O) groups is 1. The number of benzene rings is 1. The molecule has 1 aliphatic carbocycles. The van der Waals surface area contributed by atoms with E-state index in [0.29, 0.717) is 37.1 Å². The third kappa shape index (κ3) is 3.66. The van der Waals surface area contributed by atoms with Crippen LogP contribution in [-0.4, -0.2) is 40.8 Å². The van der Waals surface area contributed by atoms with Gasteiger partial charge in [-0.3, -0.25) is 0 Å². The maximum Gasteiger partial charge on any atom is 0.321 e. The molecule has 2 heterocycles. The third-order valence-corrected chi connectivity index (χ3v) is 4.94. The molecule has 0 unspecified atom stereocenters. The lowest BCUT2D eigenvalue weighted by atomic mass is 9.97. The maximum absolute atomic E-state index is 12.6. The van der Waals surface area contributed by atoms with Gasteiger partial charge in [-0.1, -0.05) is 12.1 Å². The molecular weight excluding hydrogens is 332 g/mol. The molecule has 2 amide bonds. The summed E-state index contributed by atoms with van der Waals surface area (Å²) in [6.45, 7) is 3.84. The molecule has 0 radical (unpaired) electrons. The molecule has 1 saturated carbocycles. The number of rotatable bonds is 5. The minimum absolute atomic E-state index is 0.0974. The highest BCUT2D eigenvalue weighted by atomic mass is 16.5. The van der Waals surface area contributed by atoms with E-state index in [0.717, 1.165) is 37.5 Å². The standard InChI is InChI=1S/C19H24N4O3/c1-2-25-16-6-4-3-5-15(16)20-19(24)23-11-9-14(10-12-23)18-22-21-17(26-18)13-7-8-13/h3-6,13-14H,2,7-12H2,1H3,(H,20,24). The molecule has 1 N–H and O–H groups in total. The Labute approximate surface area is 152 Å². The second kappa shape index (κ2) is 7.35. The van der Waals surface area contributed by atoms with E-state index in [4.69, 9.17) is 9.15 Å². The Hall–Kier alpha value is -2.57. The molecular formula is C19H24N4O3. The van der Waals surface area contributed by atoms with Crippen molar-refractivity contribution in [1.29, 1.82) is 0 Å². The van der Waals surface area contributed by atoms with Crippen molar-refractivity contribution >= 4 is 11.7 Å². The average molecular weight is 356 g/mol. The lowest BCUT2D eigenvalue weighted by molar-refractivity contribution is 0.189. The van der Waals surface area contributed by atoms with Crippen molar-refractivity contribution in [2.45, 2.75) is 44.4 Å². The molecule has 1 aromatic heterocycles. The Morgan fingerprint density at radius 2 is 1.81 bits per heavy atom. The fourth-order valence-corrected chi connectivity index (χ4v) is 3.28. The molecule has 2 aromatic rings. The first-order chi connectivity index (χ1) is 12.7. The van der Waals surface area contributed by atoms with Crippen LogP contribution in [0, 0.1) is 0 Å². The number of nitrogens with one attached hydrogen (secondary N) is 1. The SMILES string of the molecule is CCOc1ccccc1NC(=O)N1CCC(c2nnc(C3CC3)o2)CC1. The monoisotopic (exact) mass is 356 g/mol. The lowest BCUT2D eigenvalue weighted by Gasteiger charge is -2.30. The van der Waals surface area contributed by atoms with E-state index < -0.39 is 0 Å². The van der Waals surface area contributed by atoms with E-state index in [2.05, 4.69) is 15.5 Å². The topological polar surface area (TPSA) is 80.5 Å². The summed E-state index contributed by atoms with van der Waals surface area (Å²) in [5, 5.41) is 11.3. The lowest BCUT2D eigenvalue weighted by Crippen LogP contribution is -2.40. The highest BCUT2D eigenvalue weighted by Gasteiger charge is 2.32. The number of nitrogens with zero attached hydrogens (tertiary/aromatic N) is 3. The van der Waals surface area contributed by atoms with Crippen LogP contribution in [0.25, 0.3) is 0 Å². The van der Waals surface area contributed by atoms with Crippen LogP contribution in [0.4, 0.5) is 10.5 Å². The van der Waals surface area contributed by atoms with Gasteiger partial charge in [0.25, 0.3) is 0 Å². The van der Waals surface area contributed by atoms with Crippen LogP contribution in [0.5, 0.6) is 5.75 Å². The minimum atomic E-state index is -0.0974. The first-order valence-electron chi connectivity index (χ1n) is 9.35. The highest BCUT2D eigenvalue weighted by molar-refractivity contribution is 5.91. The fraction of sp³-hybridized carbons (Fsp3) is 0.526. The number of para-hydroxylation sites is 2. The first-order valence-corrected chi connectivity index (χ1v) is 9.35. The zero-order chi connectivity index (χ0) is 17.9. The summed E-state index contributed by atoms with van der Waals surface area (Å²) in [6, 6.07) is 7.40. The zero-order valence-electron chi connectivity index (χ0n) is 15.0. The molecule has 1 aromatic carbocycles. The summed E-state index contributed by atoms with van der Waals surface area (Å²) in [7, 11) is 0. The van der Waals surface area contributed by atoms with E-state index in [1.807, 2.05) is 36.1 Å². The summed E-state index contributed by atoms with van der Waals surface area (Å²) < 4.78 is 11.4. The Kier molecular flexibility index (Phi) is 4.77. The smallest absolute Gasteiger partial charge is 0.321 e. The van der Waals surface area contributed by atoms with E-state index in [9.17, 15) is 4.79 Å². The van der Waals surface area contributed by atoms with Gasteiger partial charge in [0.1, 0.15) is 5.75 Å². The molecule has 1 saturated heterocycles. The number of amides is 2. The second-order valence-electron chi connectivity index (χ2n) is 6.87. The van der Waals surface area contributed by atoms with Gasteiger partial charge in [0, 0.05) is 24.9 Å². The largest absolute Gasteiger partial charge is 0.492 e. The Morgan fingerprint density at radius 3 is 2.46 bits per heavy atom. The average Bonchev–Trinajstić information content (AvgIpc) is 3.40. The Bertz CT molecular complexity index is 764. The predicted molar refractivity (Wildman–Crippen MR) is 96.5 cm³/mol. The van der Waals surface area contributed by atoms with Crippen LogP contribution in [0.15, 0.2) is 28.7 Å². The fourth-order valence-electron chi connectivity index (χ4n) is 3.28. The van der Waals surface area contributed by atoms with E-state index in [1.54, 1.807) is 0 Å². The summed E-state index contributed by atoms with van der Waals surface area (Å²) in [5.74, 6) is 2.93. The van der Waals surface area contributed by atoms with Gasteiger partial charge in [0.15, 0.2) is 0 Å². The van der Waals surface area contributed by atoms with Crippen LogP contribution >= 0.6 is 0 Å². The molecule has 2 fully saturated rings. The van der Waals surface area contributed by atoms with Crippen LogP contribution in [0.3, 0.4) is 0 Å². The van der Waals surface area contributed by atoms with Crippen LogP contribution in [0.1, 0.15) is 56.2 Å². The van der Waals surface area contributed by atoms with Crippen LogP contribution < -0.4 is 10.1 Å². The summed E-state index contributed by atoms with van der Waals surface area (Å²) in [5.41, 5.74) is 0.701. The normalized spacial score (nSPS) is 18.0.